The summed E-state index contributed by atoms with van der Waals surface area (Å²) in [5.74, 6) is -0.624. The van der Waals surface area contributed by atoms with Gasteiger partial charge in [0.25, 0.3) is 0 Å². The van der Waals surface area contributed by atoms with E-state index in [0.717, 1.165) is 6.42 Å². The second kappa shape index (κ2) is 6.53. The van der Waals surface area contributed by atoms with E-state index in [1.807, 2.05) is 0 Å². The summed E-state index contributed by atoms with van der Waals surface area (Å²) < 4.78 is 48.5. The van der Waals surface area contributed by atoms with Crippen molar-refractivity contribution >= 4 is 0 Å². The molecule has 0 saturated heterocycles. The summed E-state index contributed by atoms with van der Waals surface area (Å²) >= 11 is 0. The lowest BCUT2D eigenvalue weighted by molar-refractivity contribution is -0.189. The van der Waals surface area contributed by atoms with Crippen LogP contribution < -0.4 is 5.32 Å². The van der Waals surface area contributed by atoms with Crippen LogP contribution in [0, 0.1) is 5.92 Å². The van der Waals surface area contributed by atoms with Crippen LogP contribution in [-0.2, 0) is 17.9 Å². The molecule has 5 nitrogen and oxygen atoms in total. The average molecular weight is 293 g/mol. The molecule has 8 heteroatoms. The average Bonchev–Trinajstić information content (AvgIpc) is 2.84. The van der Waals surface area contributed by atoms with Crippen LogP contribution in [0.25, 0.3) is 0 Å². The van der Waals surface area contributed by atoms with Gasteiger partial charge in [-0.15, -0.1) is 0 Å². The normalized spacial score (nSPS) is 24.0. The van der Waals surface area contributed by atoms with Crippen LogP contribution in [0.2, 0.25) is 0 Å². The lowest BCUT2D eigenvalue weighted by atomic mass is 9.84. The van der Waals surface area contributed by atoms with E-state index in [1.54, 1.807) is 0 Å². The van der Waals surface area contributed by atoms with Crippen molar-refractivity contribution in [2.75, 3.05) is 7.11 Å². The first-order valence-electron chi connectivity index (χ1n) is 6.61. The van der Waals surface area contributed by atoms with Gasteiger partial charge in [0.15, 0.2) is 5.82 Å². The van der Waals surface area contributed by atoms with Gasteiger partial charge in [0.05, 0.1) is 12.5 Å². The van der Waals surface area contributed by atoms with Crippen LogP contribution in [0.3, 0.4) is 0 Å². The first-order valence-corrected chi connectivity index (χ1v) is 6.61. The molecule has 0 radical (unpaired) electrons. The molecule has 1 aliphatic rings. The Balaban J connectivity index is 1.90. The zero-order valence-electron chi connectivity index (χ0n) is 11.2. The zero-order valence-corrected chi connectivity index (χ0v) is 11.2. The molecule has 1 aromatic rings. The molecule has 1 aliphatic carbocycles. The second-order valence-electron chi connectivity index (χ2n) is 4.96. The molecule has 0 amide bonds. The molecule has 0 spiro atoms. The zero-order chi connectivity index (χ0) is 14.6. The minimum Gasteiger partial charge on any atom is -0.377 e. The summed E-state index contributed by atoms with van der Waals surface area (Å²) in [5, 5.41) is 6.56. The smallest absolute Gasteiger partial charge is 0.377 e. The summed E-state index contributed by atoms with van der Waals surface area (Å²) in [4.78, 5) is 4.03. The highest BCUT2D eigenvalue weighted by Gasteiger charge is 2.45. The Bertz CT molecular complexity index is 422. The molecular formula is C12H18F3N3O2. The Labute approximate surface area is 114 Å². The van der Waals surface area contributed by atoms with Gasteiger partial charge in [-0.05, 0) is 12.8 Å². The lowest BCUT2D eigenvalue weighted by Crippen LogP contribution is -2.45. The number of aromatic nitrogens is 2. The Hall–Kier alpha value is -1.15. The number of halogens is 3. The molecule has 0 unspecified atom stereocenters. The summed E-state index contributed by atoms with van der Waals surface area (Å²) in [6.07, 6.45) is -2.03. The predicted octanol–water partition coefficient (Wildman–Crippen LogP) is 2.43. The number of hydrogen-bond donors (Lipinski definition) is 1. The predicted molar refractivity (Wildman–Crippen MR) is 63.7 cm³/mol. The summed E-state index contributed by atoms with van der Waals surface area (Å²) in [6.45, 7) is 0.367. The quantitative estimate of drug-likeness (QED) is 0.903. The van der Waals surface area contributed by atoms with Crippen molar-refractivity contribution in [2.45, 2.75) is 51.1 Å². The van der Waals surface area contributed by atoms with Crippen molar-refractivity contribution in [3.05, 3.63) is 11.7 Å². The van der Waals surface area contributed by atoms with Gasteiger partial charge in [0.2, 0.25) is 5.89 Å². The van der Waals surface area contributed by atoms with Crippen molar-refractivity contribution < 1.29 is 22.4 Å². The number of rotatable bonds is 5. The number of ether oxygens (including phenoxy) is 1. The van der Waals surface area contributed by atoms with Gasteiger partial charge in [-0.25, -0.2) is 0 Å². The molecule has 1 saturated carbocycles. The van der Waals surface area contributed by atoms with E-state index in [-0.39, 0.29) is 25.5 Å². The van der Waals surface area contributed by atoms with E-state index < -0.39 is 18.1 Å². The van der Waals surface area contributed by atoms with Gasteiger partial charge in [0, 0.05) is 13.2 Å². The fourth-order valence-corrected chi connectivity index (χ4v) is 2.54. The highest BCUT2D eigenvalue weighted by molar-refractivity contribution is 4.89. The Morgan fingerprint density at radius 3 is 2.80 bits per heavy atom. The van der Waals surface area contributed by atoms with E-state index in [2.05, 4.69) is 15.5 Å². The van der Waals surface area contributed by atoms with Gasteiger partial charge in [-0.2, -0.15) is 18.2 Å². The number of alkyl halides is 3. The molecule has 0 aliphatic heterocycles. The number of hydrogen-bond acceptors (Lipinski definition) is 5. The van der Waals surface area contributed by atoms with Crippen LogP contribution in [0.4, 0.5) is 13.2 Å². The molecule has 1 fully saturated rings. The minimum absolute atomic E-state index is 0.147. The third kappa shape index (κ3) is 3.92. The highest BCUT2D eigenvalue weighted by Crippen LogP contribution is 2.37. The van der Waals surface area contributed by atoms with Crippen LogP contribution in [0.5, 0.6) is 0 Å². The van der Waals surface area contributed by atoms with E-state index in [4.69, 9.17) is 9.26 Å². The minimum atomic E-state index is -4.16. The molecule has 1 N–H and O–H groups in total. The molecule has 20 heavy (non-hydrogen) atoms. The third-order valence-corrected chi connectivity index (χ3v) is 3.49. The maximum Gasteiger partial charge on any atom is 0.393 e. The first kappa shape index (κ1) is 15.2. The fourth-order valence-electron chi connectivity index (χ4n) is 2.54. The highest BCUT2D eigenvalue weighted by atomic mass is 19.4. The van der Waals surface area contributed by atoms with Crippen molar-refractivity contribution in [3.63, 3.8) is 0 Å². The van der Waals surface area contributed by atoms with E-state index >= 15 is 0 Å². The van der Waals surface area contributed by atoms with Crippen molar-refractivity contribution in [1.82, 2.24) is 15.5 Å². The summed E-state index contributed by atoms with van der Waals surface area (Å²) in [6, 6.07) is -0.582. The van der Waals surface area contributed by atoms with E-state index in [9.17, 15) is 13.2 Å². The maximum absolute atomic E-state index is 12.9. The number of methoxy groups -OCH3 is 1. The van der Waals surface area contributed by atoms with Gasteiger partial charge in [-0.3, -0.25) is 0 Å². The standard InChI is InChI=1S/C12H18F3N3O2/c1-19-7-10-17-11(20-18-10)6-16-9-5-3-2-4-8(9)12(13,14)15/h8-9,16H,2-7H2,1H3/t8-,9-/m0/s1. The fraction of sp³-hybridized carbons (Fsp3) is 0.833. The van der Waals surface area contributed by atoms with Gasteiger partial charge < -0.3 is 14.6 Å². The summed E-state index contributed by atoms with van der Waals surface area (Å²) in [7, 11) is 1.50. The Morgan fingerprint density at radius 1 is 1.35 bits per heavy atom. The van der Waals surface area contributed by atoms with Crippen molar-refractivity contribution in [3.8, 4) is 0 Å². The molecule has 114 valence electrons. The van der Waals surface area contributed by atoms with Crippen LogP contribution in [0.15, 0.2) is 4.52 Å². The molecule has 1 heterocycles. The lowest BCUT2D eigenvalue weighted by Gasteiger charge is -2.33. The third-order valence-electron chi connectivity index (χ3n) is 3.49. The Kier molecular flexibility index (Phi) is 4.98. The monoisotopic (exact) mass is 293 g/mol. The second-order valence-corrected chi connectivity index (χ2v) is 4.96. The van der Waals surface area contributed by atoms with Crippen molar-refractivity contribution in [2.24, 2.45) is 5.92 Å². The van der Waals surface area contributed by atoms with Crippen LogP contribution in [0.1, 0.15) is 37.4 Å². The van der Waals surface area contributed by atoms with Gasteiger partial charge >= 0.3 is 6.18 Å². The van der Waals surface area contributed by atoms with Gasteiger partial charge in [0.1, 0.15) is 6.61 Å². The Morgan fingerprint density at radius 2 is 2.10 bits per heavy atom. The summed E-state index contributed by atoms with van der Waals surface area (Å²) in [5.41, 5.74) is 0. The first-order chi connectivity index (χ1) is 9.50. The van der Waals surface area contributed by atoms with E-state index in [0.29, 0.717) is 18.7 Å². The molecule has 1 aromatic heterocycles. The molecule has 0 bridgehead atoms. The van der Waals surface area contributed by atoms with E-state index in [1.165, 1.54) is 7.11 Å². The van der Waals surface area contributed by atoms with Gasteiger partial charge in [-0.1, -0.05) is 18.0 Å². The van der Waals surface area contributed by atoms with Crippen molar-refractivity contribution in [1.29, 1.82) is 0 Å². The number of nitrogens with one attached hydrogen (secondary N) is 1. The maximum atomic E-state index is 12.9. The molecular weight excluding hydrogens is 275 g/mol. The molecule has 0 aromatic carbocycles. The largest absolute Gasteiger partial charge is 0.393 e. The van der Waals surface area contributed by atoms with Crippen LogP contribution >= 0.6 is 0 Å². The topological polar surface area (TPSA) is 60.2 Å². The molecule has 2 rings (SSSR count). The SMILES string of the molecule is COCc1noc(CN[C@H]2CCCC[C@@H]2C(F)(F)F)n1. The van der Waals surface area contributed by atoms with Crippen LogP contribution in [-0.4, -0.2) is 29.5 Å². The molecule has 2 atom stereocenters. The number of nitrogens with zero attached hydrogens (tertiary/aromatic N) is 2.